The molecule has 0 amide bonds. The molecule has 1 fully saturated rings. The SMILES string of the molecule is CCOC(=O)C1CC1c1ccc(N)c(C)c1. The minimum Gasteiger partial charge on any atom is -0.466 e. The van der Waals surface area contributed by atoms with Crippen molar-refractivity contribution in [2.75, 3.05) is 12.3 Å². The van der Waals surface area contributed by atoms with Crippen molar-refractivity contribution in [3.05, 3.63) is 29.3 Å². The second kappa shape index (κ2) is 4.16. The number of carbonyl (C=O) groups is 1. The van der Waals surface area contributed by atoms with E-state index in [2.05, 4.69) is 6.07 Å². The standard InChI is InChI=1S/C13H17NO2/c1-3-16-13(15)11-7-10(11)9-4-5-12(14)8(2)6-9/h4-6,10-11H,3,7,14H2,1-2H3. The monoisotopic (exact) mass is 219 g/mol. The first-order valence-corrected chi connectivity index (χ1v) is 5.66. The van der Waals surface area contributed by atoms with Crippen LogP contribution in [0.5, 0.6) is 0 Å². The number of nitrogen functional groups attached to an aromatic ring is 1. The van der Waals surface area contributed by atoms with Gasteiger partial charge < -0.3 is 10.5 Å². The van der Waals surface area contributed by atoms with E-state index in [1.807, 2.05) is 26.0 Å². The summed E-state index contributed by atoms with van der Waals surface area (Å²) in [6.07, 6.45) is 0.905. The number of benzene rings is 1. The van der Waals surface area contributed by atoms with Gasteiger partial charge >= 0.3 is 5.97 Å². The largest absolute Gasteiger partial charge is 0.466 e. The van der Waals surface area contributed by atoms with Gasteiger partial charge in [0, 0.05) is 5.69 Å². The molecular formula is C13H17NO2. The smallest absolute Gasteiger partial charge is 0.309 e. The lowest BCUT2D eigenvalue weighted by Crippen LogP contribution is -2.07. The van der Waals surface area contributed by atoms with Gasteiger partial charge in [0.2, 0.25) is 0 Å². The maximum absolute atomic E-state index is 11.5. The third-order valence-electron chi connectivity index (χ3n) is 3.10. The Morgan fingerprint density at radius 2 is 2.31 bits per heavy atom. The Kier molecular flexibility index (Phi) is 2.86. The molecule has 1 saturated carbocycles. The fraction of sp³-hybridized carbons (Fsp3) is 0.462. The Morgan fingerprint density at radius 3 is 2.94 bits per heavy atom. The van der Waals surface area contributed by atoms with Crippen LogP contribution in [-0.2, 0) is 9.53 Å². The normalized spacial score (nSPS) is 22.9. The van der Waals surface area contributed by atoms with E-state index in [9.17, 15) is 4.79 Å². The number of esters is 1. The summed E-state index contributed by atoms with van der Waals surface area (Å²) >= 11 is 0. The van der Waals surface area contributed by atoms with Crippen LogP contribution in [-0.4, -0.2) is 12.6 Å². The predicted octanol–water partition coefficient (Wildman–Crippen LogP) is 2.24. The van der Waals surface area contributed by atoms with Crippen molar-refractivity contribution in [2.45, 2.75) is 26.2 Å². The molecule has 0 heterocycles. The molecule has 1 aliphatic rings. The third-order valence-corrected chi connectivity index (χ3v) is 3.10. The Balaban J connectivity index is 2.06. The predicted molar refractivity (Wildman–Crippen MR) is 63.1 cm³/mol. The van der Waals surface area contributed by atoms with Gasteiger partial charge in [0.1, 0.15) is 0 Å². The van der Waals surface area contributed by atoms with Gasteiger partial charge in [0.25, 0.3) is 0 Å². The highest BCUT2D eigenvalue weighted by Gasteiger charge is 2.45. The fourth-order valence-electron chi connectivity index (χ4n) is 2.00. The van der Waals surface area contributed by atoms with Gasteiger partial charge in [-0.3, -0.25) is 4.79 Å². The van der Waals surface area contributed by atoms with E-state index >= 15 is 0 Å². The van der Waals surface area contributed by atoms with Crippen LogP contribution in [0.1, 0.15) is 30.4 Å². The van der Waals surface area contributed by atoms with Crippen molar-refractivity contribution < 1.29 is 9.53 Å². The number of carbonyl (C=O) groups excluding carboxylic acids is 1. The van der Waals surface area contributed by atoms with Crippen LogP contribution in [0.25, 0.3) is 0 Å². The Bertz CT molecular complexity index is 414. The number of ether oxygens (including phenoxy) is 1. The van der Waals surface area contributed by atoms with Crippen molar-refractivity contribution in [2.24, 2.45) is 5.92 Å². The molecule has 16 heavy (non-hydrogen) atoms. The first-order valence-electron chi connectivity index (χ1n) is 5.66. The lowest BCUT2D eigenvalue weighted by Gasteiger charge is -2.04. The molecule has 0 spiro atoms. The van der Waals surface area contributed by atoms with Crippen LogP contribution in [0.15, 0.2) is 18.2 Å². The van der Waals surface area contributed by atoms with E-state index in [0.717, 1.165) is 17.7 Å². The minimum absolute atomic E-state index is 0.0583. The van der Waals surface area contributed by atoms with Crippen molar-refractivity contribution in [1.29, 1.82) is 0 Å². The van der Waals surface area contributed by atoms with E-state index in [-0.39, 0.29) is 11.9 Å². The van der Waals surface area contributed by atoms with Crippen LogP contribution in [0.3, 0.4) is 0 Å². The number of anilines is 1. The molecule has 0 radical (unpaired) electrons. The average molecular weight is 219 g/mol. The quantitative estimate of drug-likeness (QED) is 0.626. The molecule has 86 valence electrons. The van der Waals surface area contributed by atoms with E-state index in [0.29, 0.717) is 12.5 Å². The van der Waals surface area contributed by atoms with E-state index in [1.54, 1.807) is 0 Å². The van der Waals surface area contributed by atoms with Gasteiger partial charge in [-0.15, -0.1) is 0 Å². The molecule has 3 heteroatoms. The molecule has 0 aromatic heterocycles. The molecule has 2 rings (SSSR count). The molecule has 2 N–H and O–H groups in total. The summed E-state index contributed by atoms with van der Waals surface area (Å²) in [7, 11) is 0. The zero-order valence-corrected chi connectivity index (χ0v) is 9.69. The molecule has 2 atom stereocenters. The fourth-order valence-corrected chi connectivity index (χ4v) is 2.00. The summed E-state index contributed by atoms with van der Waals surface area (Å²) in [6, 6.07) is 5.98. The Morgan fingerprint density at radius 1 is 1.56 bits per heavy atom. The Labute approximate surface area is 95.6 Å². The first-order chi connectivity index (χ1) is 7.63. The van der Waals surface area contributed by atoms with Crippen molar-refractivity contribution >= 4 is 11.7 Å². The van der Waals surface area contributed by atoms with Crippen LogP contribution in [0.4, 0.5) is 5.69 Å². The van der Waals surface area contributed by atoms with E-state index in [1.165, 1.54) is 5.56 Å². The van der Waals surface area contributed by atoms with Crippen LogP contribution >= 0.6 is 0 Å². The molecule has 0 bridgehead atoms. The maximum Gasteiger partial charge on any atom is 0.309 e. The molecule has 3 nitrogen and oxygen atoms in total. The second-order valence-corrected chi connectivity index (χ2v) is 4.32. The zero-order chi connectivity index (χ0) is 11.7. The van der Waals surface area contributed by atoms with Crippen LogP contribution in [0.2, 0.25) is 0 Å². The van der Waals surface area contributed by atoms with Gasteiger partial charge in [0.05, 0.1) is 12.5 Å². The summed E-state index contributed by atoms with van der Waals surface area (Å²) in [6.45, 7) is 4.28. The zero-order valence-electron chi connectivity index (χ0n) is 9.69. The van der Waals surface area contributed by atoms with Gasteiger partial charge in [-0.05, 0) is 43.4 Å². The van der Waals surface area contributed by atoms with E-state index in [4.69, 9.17) is 10.5 Å². The summed E-state index contributed by atoms with van der Waals surface area (Å²) in [4.78, 5) is 11.5. The van der Waals surface area contributed by atoms with Crippen LogP contribution < -0.4 is 5.73 Å². The summed E-state index contributed by atoms with van der Waals surface area (Å²) in [5.41, 5.74) is 8.84. The molecule has 0 saturated heterocycles. The number of hydrogen-bond donors (Lipinski definition) is 1. The van der Waals surface area contributed by atoms with Crippen molar-refractivity contribution in [3.8, 4) is 0 Å². The first kappa shape index (κ1) is 11.0. The molecular weight excluding hydrogens is 202 g/mol. The van der Waals surface area contributed by atoms with Crippen molar-refractivity contribution in [1.82, 2.24) is 0 Å². The summed E-state index contributed by atoms with van der Waals surface area (Å²) in [5, 5.41) is 0. The van der Waals surface area contributed by atoms with E-state index < -0.39 is 0 Å². The molecule has 0 aliphatic heterocycles. The summed E-state index contributed by atoms with van der Waals surface area (Å²) in [5.74, 6) is 0.323. The van der Waals surface area contributed by atoms with Gasteiger partial charge in [-0.1, -0.05) is 12.1 Å². The highest BCUT2D eigenvalue weighted by atomic mass is 16.5. The Hall–Kier alpha value is -1.51. The maximum atomic E-state index is 11.5. The van der Waals surface area contributed by atoms with Gasteiger partial charge in [-0.25, -0.2) is 0 Å². The number of rotatable bonds is 3. The molecule has 1 aromatic rings. The molecule has 1 aliphatic carbocycles. The molecule has 2 unspecified atom stereocenters. The van der Waals surface area contributed by atoms with Gasteiger partial charge in [-0.2, -0.15) is 0 Å². The average Bonchev–Trinajstić information content (AvgIpc) is 3.02. The second-order valence-electron chi connectivity index (χ2n) is 4.32. The third kappa shape index (κ3) is 2.03. The molecule has 1 aromatic carbocycles. The highest BCUT2D eigenvalue weighted by molar-refractivity contribution is 5.77. The van der Waals surface area contributed by atoms with Crippen molar-refractivity contribution in [3.63, 3.8) is 0 Å². The lowest BCUT2D eigenvalue weighted by atomic mass is 10.1. The minimum atomic E-state index is -0.0676. The van der Waals surface area contributed by atoms with Crippen LogP contribution in [0, 0.1) is 12.8 Å². The van der Waals surface area contributed by atoms with Gasteiger partial charge in [0.15, 0.2) is 0 Å². The lowest BCUT2D eigenvalue weighted by molar-refractivity contribution is -0.144. The highest BCUT2D eigenvalue weighted by Crippen LogP contribution is 2.48. The summed E-state index contributed by atoms with van der Waals surface area (Å²) < 4.78 is 5.01. The number of hydrogen-bond acceptors (Lipinski definition) is 3. The number of aryl methyl sites for hydroxylation is 1. The topological polar surface area (TPSA) is 52.3 Å². The number of nitrogens with two attached hydrogens (primary N) is 1.